The molecule has 1 aliphatic heterocycles. The Kier molecular flexibility index (Phi) is 7.29. The van der Waals surface area contributed by atoms with E-state index in [1.54, 1.807) is 56.6 Å². The van der Waals surface area contributed by atoms with Crippen LogP contribution in [0.15, 0.2) is 72.8 Å². The van der Waals surface area contributed by atoms with Gasteiger partial charge in [0, 0.05) is 26.1 Å². The van der Waals surface area contributed by atoms with Crippen LogP contribution in [0.25, 0.3) is 0 Å². The predicted octanol–water partition coefficient (Wildman–Crippen LogP) is 4.89. The number of rotatable bonds is 7. The Bertz CT molecular complexity index is 1630. The average molecular weight is 536 g/mol. The summed E-state index contributed by atoms with van der Waals surface area (Å²) in [7, 11) is 3.32. The van der Waals surface area contributed by atoms with Crippen molar-refractivity contribution in [1.82, 2.24) is 14.9 Å². The number of hydrogen-bond acceptors (Lipinski definition) is 8. The van der Waals surface area contributed by atoms with Crippen molar-refractivity contribution >= 4 is 17.5 Å². The first-order chi connectivity index (χ1) is 19.3. The molecular weight excluding hydrogens is 510 g/mol. The summed E-state index contributed by atoms with van der Waals surface area (Å²) >= 11 is 0. The Morgan fingerprint density at radius 3 is 2.60 bits per heavy atom. The molecule has 1 aromatic heterocycles. The fourth-order valence-electron chi connectivity index (χ4n) is 4.01. The van der Waals surface area contributed by atoms with Gasteiger partial charge in [0.1, 0.15) is 11.5 Å². The van der Waals surface area contributed by atoms with Gasteiger partial charge >= 0.3 is 6.01 Å². The van der Waals surface area contributed by atoms with Crippen molar-refractivity contribution in [3.63, 3.8) is 0 Å². The zero-order valence-electron chi connectivity index (χ0n) is 22.0. The number of hydrogen-bond donors (Lipinski definition) is 1. The Labute approximate surface area is 230 Å². The van der Waals surface area contributed by atoms with E-state index in [2.05, 4.69) is 21.4 Å². The van der Waals surface area contributed by atoms with Gasteiger partial charge in [0.2, 0.25) is 5.88 Å². The molecule has 1 N–H and O–H groups in total. The maximum absolute atomic E-state index is 13.0. The Balaban J connectivity index is 1.52. The first-order valence-electron chi connectivity index (χ1n) is 12.4. The fourth-order valence-corrected chi connectivity index (χ4v) is 4.01. The average Bonchev–Trinajstić information content (AvgIpc) is 2.95. The minimum absolute atomic E-state index is 0.0229. The fraction of sp³-hybridized carbons (Fsp3) is 0.167. The molecule has 2 heterocycles. The van der Waals surface area contributed by atoms with Crippen LogP contribution in [0.3, 0.4) is 0 Å². The van der Waals surface area contributed by atoms with Crippen LogP contribution in [-0.2, 0) is 11.2 Å². The number of carbonyl (C=O) groups excluding carboxylic acids is 2. The molecule has 0 bridgehead atoms. The molecule has 10 heteroatoms. The van der Waals surface area contributed by atoms with Gasteiger partial charge in [-0.3, -0.25) is 9.59 Å². The molecule has 0 saturated carbocycles. The van der Waals surface area contributed by atoms with Gasteiger partial charge < -0.3 is 24.4 Å². The molecule has 3 aromatic carbocycles. The summed E-state index contributed by atoms with van der Waals surface area (Å²) in [5.41, 5.74) is 2.62. The molecule has 0 spiro atoms. The monoisotopic (exact) mass is 535 g/mol. The van der Waals surface area contributed by atoms with Crippen LogP contribution in [0.2, 0.25) is 0 Å². The van der Waals surface area contributed by atoms with Crippen LogP contribution in [0.5, 0.6) is 29.3 Å². The normalized spacial score (nSPS) is 13.8. The van der Waals surface area contributed by atoms with Gasteiger partial charge in [-0.05, 0) is 48.4 Å². The molecule has 1 aliphatic rings. The summed E-state index contributed by atoms with van der Waals surface area (Å²) in [5, 5.41) is 12.2. The minimum Gasteiger partial charge on any atom is -0.462 e. The lowest BCUT2D eigenvalue weighted by molar-refractivity contribution is -0.123. The standard InChI is InChI=1S/C30H25N5O5/c1-18-12-13-20(17-31)15-23(18)39-27-25-28(40-24(26(36)32-25)14-19-8-5-4-6-9-19)34-30(33-27)38-22-11-7-10-21(16-22)29(37)35(2)3/h4-13,15-16,24H,14H2,1-3H3,(H,32,36). The molecule has 2 amide bonds. The van der Waals surface area contributed by atoms with Gasteiger partial charge in [-0.1, -0.05) is 42.5 Å². The third kappa shape index (κ3) is 5.68. The highest BCUT2D eigenvalue weighted by molar-refractivity contribution is 5.99. The summed E-state index contributed by atoms with van der Waals surface area (Å²) in [4.78, 5) is 35.7. The van der Waals surface area contributed by atoms with Gasteiger partial charge in [-0.15, -0.1) is 0 Å². The third-order valence-electron chi connectivity index (χ3n) is 6.10. The van der Waals surface area contributed by atoms with E-state index in [0.29, 0.717) is 29.0 Å². The molecule has 1 unspecified atom stereocenters. The number of aromatic nitrogens is 2. The number of benzene rings is 3. The number of nitrogens with one attached hydrogen (secondary N) is 1. The Morgan fingerprint density at radius 1 is 1.05 bits per heavy atom. The maximum Gasteiger partial charge on any atom is 0.328 e. The summed E-state index contributed by atoms with van der Waals surface area (Å²) in [6, 6.07) is 23.0. The number of nitrogens with zero attached hydrogens (tertiary/aromatic N) is 4. The zero-order valence-corrected chi connectivity index (χ0v) is 22.0. The van der Waals surface area contributed by atoms with E-state index >= 15 is 0 Å². The van der Waals surface area contributed by atoms with E-state index in [1.165, 1.54) is 4.90 Å². The van der Waals surface area contributed by atoms with Crippen LogP contribution in [0.4, 0.5) is 5.69 Å². The van der Waals surface area contributed by atoms with Gasteiger partial charge in [0.05, 0.1) is 11.6 Å². The molecule has 0 fully saturated rings. The number of amides is 2. The van der Waals surface area contributed by atoms with Crippen LogP contribution in [0, 0.1) is 18.3 Å². The molecule has 0 saturated heterocycles. The highest BCUT2D eigenvalue weighted by atomic mass is 16.5. The van der Waals surface area contributed by atoms with Crippen molar-refractivity contribution in [3.8, 4) is 35.3 Å². The maximum atomic E-state index is 13.0. The molecule has 5 rings (SSSR count). The second-order valence-electron chi connectivity index (χ2n) is 9.30. The lowest BCUT2D eigenvalue weighted by Gasteiger charge is -2.26. The largest absolute Gasteiger partial charge is 0.462 e. The first kappa shape index (κ1) is 26.2. The van der Waals surface area contributed by atoms with Crippen molar-refractivity contribution in [2.45, 2.75) is 19.4 Å². The topological polar surface area (TPSA) is 127 Å². The van der Waals surface area contributed by atoms with E-state index in [9.17, 15) is 14.9 Å². The van der Waals surface area contributed by atoms with Gasteiger partial charge in [-0.2, -0.15) is 15.2 Å². The van der Waals surface area contributed by atoms with Gasteiger partial charge in [-0.25, -0.2) is 0 Å². The van der Waals surface area contributed by atoms with Crippen LogP contribution in [0.1, 0.15) is 27.0 Å². The van der Waals surface area contributed by atoms with E-state index in [1.807, 2.05) is 37.3 Å². The number of aryl methyl sites for hydroxylation is 1. The third-order valence-corrected chi connectivity index (χ3v) is 6.10. The molecule has 10 nitrogen and oxygen atoms in total. The first-order valence-corrected chi connectivity index (χ1v) is 12.4. The number of carbonyl (C=O) groups is 2. The molecular formula is C30H25N5O5. The van der Waals surface area contributed by atoms with Crippen LogP contribution >= 0.6 is 0 Å². The van der Waals surface area contributed by atoms with Crippen molar-refractivity contribution in [2.24, 2.45) is 0 Å². The van der Waals surface area contributed by atoms with Crippen LogP contribution in [-0.4, -0.2) is 46.9 Å². The number of nitriles is 1. The predicted molar refractivity (Wildman–Crippen MR) is 146 cm³/mol. The number of ether oxygens (including phenoxy) is 3. The molecule has 4 aromatic rings. The second kappa shape index (κ2) is 11.1. The van der Waals surface area contributed by atoms with Crippen molar-refractivity contribution in [3.05, 3.63) is 95.1 Å². The van der Waals surface area contributed by atoms with Gasteiger partial charge in [0.15, 0.2) is 11.8 Å². The van der Waals surface area contributed by atoms with Crippen molar-refractivity contribution < 1.29 is 23.8 Å². The second-order valence-corrected chi connectivity index (χ2v) is 9.30. The van der Waals surface area contributed by atoms with Crippen LogP contribution < -0.4 is 19.5 Å². The van der Waals surface area contributed by atoms with E-state index in [4.69, 9.17) is 14.2 Å². The summed E-state index contributed by atoms with van der Waals surface area (Å²) in [6.07, 6.45) is -0.532. The molecule has 0 aliphatic carbocycles. The van der Waals surface area contributed by atoms with E-state index < -0.39 is 6.10 Å². The van der Waals surface area contributed by atoms with E-state index in [0.717, 1.165) is 11.1 Å². The quantitative estimate of drug-likeness (QED) is 0.355. The lowest BCUT2D eigenvalue weighted by Crippen LogP contribution is -2.39. The SMILES string of the molecule is Cc1ccc(C#N)cc1Oc1nc(Oc2cccc(C(=O)N(C)C)c2)nc2c1NC(=O)C(Cc1ccccc1)O2. The summed E-state index contributed by atoms with van der Waals surface area (Å²) in [5.74, 6) is 0.159. The number of fused-ring (bicyclic) bond motifs is 1. The van der Waals surface area contributed by atoms with Crippen molar-refractivity contribution in [1.29, 1.82) is 5.26 Å². The number of anilines is 1. The zero-order chi connectivity index (χ0) is 28.2. The molecule has 1 atom stereocenters. The highest BCUT2D eigenvalue weighted by Crippen LogP contribution is 2.40. The van der Waals surface area contributed by atoms with Crippen molar-refractivity contribution in [2.75, 3.05) is 19.4 Å². The Hall–Kier alpha value is -5.43. The lowest BCUT2D eigenvalue weighted by atomic mass is 10.1. The smallest absolute Gasteiger partial charge is 0.328 e. The minimum atomic E-state index is -0.852. The molecule has 200 valence electrons. The summed E-state index contributed by atoms with van der Waals surface area (Å²) in [6.45, 7) is 1.82. The van der Waals surface area contributed by atoms with Gasteiger partial charge in [0.25, 0.3) is 17.7 Å². The van der Waals surface area contributed by atoms with E-state index in [-0.39, 0.29) is 35.3 Å². The summed E-state index contributed by atoms with van der Waals surface area (Å²) < 4.78 is 18.1. The molecule has 0 radical (unpaired) electrons. The molecule has 40 heavy (non-hydrogen) atoms. The highest BCUT2D eigenvalue weighted by Gasteiger charge is 2.33. The Morgan fingerprint density at radius 2 is 1.85 bits per heavy atom.